The number of hydrogen-bond acceptors (Lipinski definition) is 4. The van der Waals surface area contributed by atoms with Gasteiger partial charge in [-0.05, 0) is 17.7 Å². The van der Waals surface area contributed by atoms with Crippen molar-refractivity contribution < 1.29 is 0 Å². The Balaban J connectivity index is 1.98. The summed E-state index contributed by atoms with van der Waals surface area (Å²) in [4.78, 5) is 8.57. The molecule has 0 fully saturated rings. The van der Waals surface area contributed by atoms with E-state index in [9.17, 15) is 0 Å². The van der Waals surface area contributed by atoms with Crippen molar-refractivity contribution in [2.24, 2.45) is 12.8 Å². The molecular formula is C14H15N5. The molecule has 0 spiro atoms. The van der Waals surface area contributed by atoms with Crippen molar-refractivity contribution in [1.82, 2.24) is 19.7 Å². The van der Waals surface area contributed by atoms with Crippen molar-refractivity contribution in [3.63, 3.8) is 0 Å². The predicted octanol–water partition coefficient (Wildman–Crippen LogP) is 1.61. The van der Waals surface area contributed by atoms with Gasteiger partial charge in [-0.3, -0.25) is 9.67 Å². The van der Waals surface area contributed by atoms with Crippen LogP contribution in [0.1, 0.15) is 17.4 Å². The first-order chi connectivity index (χ1) is 9.25. The number of rotatable bonds is 3. The molecule has 0 aliphatic heterocycles. The lowest BCUT2D eigenvalue weighted by Crippen LogP contribution is -2.16. The number of aryl methyl sites for hydroxylation is 1. The van der Waals surface area contributed by atoms with Crippen LogP contribution in [0.5, 0.6) is 0 Å². The highest BCUT2D eigenvalue weighted by Crippen LogP contribution is 2.23. The van der Waals surface area contributed by atoms with Crippen LogP contribution in [0, 0.1) is 0 Å². The van der Waals surface area contributed by atoms with Gasteiger partial charge in [-0.15, -0.1) is 0 Å². The Morgan fingerprint density at radius 2 is 2.05 bits per heavy atom. The molecule has 2 heterocycles. The van der Waals surface area contributed by atoms with Gasteiger partial charge in [0.2, 0.25) is 0 Å². The first kappa shape index (κ1) is 11.8. The van der Waals surface area contributed by atoms with Crippen LogP contribution < -0.4 is 5.73 Å². The van der Waals surface area contributed by atoms with E-state index in [0.29, 0.717) is 6.42 Å². The highest BCUT2D eigenvalue weighted by molar-refractivity contribution is 5.82. The number of pyridine rings is 1. The molecule has 0 amide bonds. The van der Waals surface area contributed by atoms with Gasteiger partial charge in [-0.25, -0.2) is 4.98 Å². The van der Waals surface area contributed by atoms with Crippen LogP contribution in [0.3, 0.4) is 0 Å². The van der Waals surface area contributed by atoms with Gasteiger partial charge in [-0.1, -0.05) is 18.2 Å². The van der Waals surface area contributed by atoms with Crippen LogP contribution in [0.4, 0.5) is 0 Å². The summed E-state index contributed by atoms with van der Waals surface area (Å²) < 4.78 is 1.75. The number of benzene rings is 1. The predicted molar refractivity (Wildman–Crippen MR) is 73.4 cm³/mol. The Morgan fingerprint density at radius 3 is 2.84 bits per heavy atom. The van der Waals surface area contributed by atoms with Crippen LogP contribution in [0.2, 0.25) is 0 Å². The van der Waals surface area contributed by atoms with E-state index in [1.54, 1.807) is 17.2 Å². The summed E-state index contributed by atoms with van der Waals surface area (Å²) in [5.74, 6) is 0.883. The Labute approximate surface area is 111 Å². The summed E-state index contributed by atoms with van der Waals surface area (Å²) in [5, 5.41) is 5.16. The zero-order chi connectivity index (χ0) is 13.2. The van der Waals surface area contributed by atoms with Gasteiger partial charge in [0.05, 0.1) is 5.52 Å². The number of aromatic nitrogens is 4. The lowest BCUT2D eigenvalue weighted by molar-refractivity contribution is 0.632. The third kappa shape index (κ3) is 2.20. The van der Waals surface area contributed by atoms with E-state index in [-0.39, 0.29) is 6.04 Å². The van der Waals surface area contributed by atoms with Crippen LogP contribution in [0.15, 0.2) is 42.9 Å². The Bertz CT molecular complexity index is 698. The quantitative estimate of drug-likeness (QED) is 0.769. The Morgan fingerprint density at radius 1 is 1.21 bits per heavy atom. The number of nitrogens with two attached hydrogens (primary N) is 1. The zero-order valence-corrected chi connectivity index (χ0v) is 10.7. The van der Waals surface area contributed by atoms with E-state index in [1.165, 1.54) is 0 Å². The molecular weight excluding hydrogens is 238 g/mol. The van der Waals surface area contributed by atoms with E-state index in [0.717, 1.165) is 22.3 Å². The average molecular weight is 253 g/mol. The second-order valence-electron chi connectivity index (χ2n) is 4.53. The van der Waals surface area contributed by atoms with E-state index in [1.807, 2.05) is 37.4 Å². The minimum absolute atomic E-state index is 0.115. The molecule has 19 heavy (non-hydrogen) atoms. The zero-order valence-electron chi connectivity index (χ0n) is 10.7. The maximum absolute atomic E-state index is 6.31. The van der Waals surface area contributed by atoms with Gasteiger partial charge in [0.25, 0.3) is 0 Å². The van der Waals surface area contributed by atoms with Crippen LogP contribution in [0.25, 0.3) is 10.9 Å². The van der Waals surface area contributed by atoms with Gasteiger partial charge in [0.1, 0.15) is 12.2 Å². The van der Waals surface area contributed by atoms with Crippen molar-refractivity contribution in [1.29, 1.82) is 0 Å². The monoisotopic (exact) mass is 253 g/mol. The van der Waals surface area contributed by atoms with Gasteiger partial charge in [-0.2, -0.15) is 5.10 Å². The minimum Gasteiger partial charge on any atom is -0.324 e. The minimum atomic E-state index is -0.115. The molecule has 2 aromatic heterocycles. The molecule has 0 radical (unpaired) electrons. The van der Waals surface area contributed by atoms with Crippen molar-refractivity contribution in [2.75, 3.05) is 0 Å². The van der Waals surface area contributed by atoms with Gasteiger partial charge in [0, 0.05) is 31.1 Å². The Kier molecular flexibility index (Phi) is 2.97. The summed E-state index contributed by atoms with van der Waals surface area (Å²) in [7, 11) is 1.87. The maximum atomic E-state index is 6.31. The number of nitrogens with zero attached hydrogens (tertiary/aromatic N) is 4. The van der Waals surface area contributed by atoms with Crippen molar-refractivity contribution in [3.8, 4) is 0 Å². The summed E-state index contributed by atoms with van der Waals surface area (Å²) in [6.45, 7) is 0. The molecule has 0 bridgehead atoms. The SMILES string of the molecule is Cn1ncnc1CC(N)c1ccnc2ccccc12. The van der Waals surface area contributed by atoms with Crippen LogP contribution in [-0.2, 0) is 13.5 Å². The molecule has 5 nitrogen and oxygen atoms in total. The fourth-order valence-electron chi connectivity index (χ4n) is 2.25. The van der Waals surface area contributed by atoms with E-state index in [2.05, 4.69) is 15.1 Å². The van der Waals surface area contributed by atoms with Crippen molar-refractivity contribution in [2.45, 2.75) is 12.5 Å². The third-order valence-electron chi connectivity index (χ3n) is 3.29. The second kappa shape index (κ2) is 4.78. The van der Waals surface area contributed by atoms with Gasteiger partial charge in [0.15, 0.2) is 0 Å². The summed E-state index contributed by atoms with van der Waals surface area (Å²) in [6.07, 6.45) is 4.01. The topological polar surface area (TPSA) is 69.6 Å². The van der Waals surface area contributed by atoms with Crippen LogP contribution >= 0.6 is 0 Å². The molecule has 1 atom stereocenters. The van der Waals surface area contributed by atoms with E-state index >= 15 is 0 Å². The highest BCUT2D eigenvalue weighted by Gasteiger charge is 2.13. The smallest absolute Gasteiger partial charge is 0.138 e. The summed E-state index contributed by atoms with van der Waals surface area (Å²) >= 11 is 0. The first-order valence-corrected chi connectivity index (χ1v) is 6.18. The number of fused-ring (bicyclic) bond motifs is 1. The average Bonchev–Trinajstić information content (AvgIpc) is 2.83. The van der Waals surface area contributed by atoms with Crippen LogP contribution in [-0.4, -0.2) is 19.7 Å². The molecule has 3 aromatic rings. The normalized spacial score (nSPS) is 12.7. The molecule has 0 aliphatic carbocycles. The molecule has 96 valence electrons. The van der Waals surface area contributed by atoms with E-state index < -0.39 is 0 Å². The second-order valence-corrected chi connectivity index (χ2v) is 4.53. The fraction of sp³-hybridized carbons (Fsp3) is 0.214. The Hall–Kier alpha value is -2.27. The van der Waals surface area contributed by atoms with E-state index in [4.69, 9.17) is 5.73 Å². The fourth-order valence-corrected chi connectivity index (χ4v) is 2.25. The molecule has 2 N–H and O–H groups in total. The number of para-hydroxylation sites is 1. The van der Waals surface area contributed by atoms with Crippen molar-refractivity contribution >= 4 is 10.9 Å². The van der Waals surface area contributed by atoms with Gasteiger partial charge < -0.3 is 5.73 Å². The molecule has 3 rings (SSSR count). The lowest BCUT2D eigenvalue weighted by atomic mass is 10.00. The molecule has 1 aromatic carbocycles. The highest BCUT2D eigenvalue weighted by atomic mass is 15.3. The standard InChI is InChI=1S/C14H15N5/c1-19-14(17-9-18-19)8-12(15)10-6-7-16-13-5-3-2-4-11(10)13/h2-7,9,12H,8,15H2,1H3. The molecule has 0 saturated heterocycles. The largest absolute Gasteiger partial charge is 0.324 e. The molecule has 5 heteroatoms. The first-order valence-electron chi connectivity index (χ1n) is 6.18. The molecule has 0 saturated carbocycles. The lowest BCUT2D eigenvalue weighted by Gasteiger charge is -2.13. The summed E-state index contributed by atoms with van der Waals surface area (Å²) in [6, 6.07) is 9.89. The summed E-state index contributed by atoms with van der Waals surface area (Å²) in [5.41, 5.74) is 8.37. The molecule has 1 unspecified atom stereocenters. The number of hydrogen-bond donors (Lipinski definition) is 1. The third-order valence-corrected chi connectivity index (χ3v) is 3.29. The van der Waals surface area contributed by atoms with Gasteiger partial charge >= 0.3 is 0 Å². The van der Waals surface area contributed by atoms with Crippen molar-refractivity contribution in [3.05, 3.63) is 54.2 Å². The molecule has 0 aliphatic rings. The maximum Gasteiger partial charge on any atom is 0.138 e.